The van der Waals surface area contributed by atoms with Gasteiger partial charge in [-0.3, -0.25) is 0 Å². The van der Waals surface area contributed by atoms with E-state index in [1.54, 1.807) is 6.07 Å². The van der Waals surface area contributed by atoms with Crippen LogP contribution in [0.5, 0.6) is 5.75 Å². The van der Waals surface area contributed by atoms with Gasteiger partial charge in [0.1, 0.15) is 5.75 Å². The average molecular weight is 206 g/mol. The van der Waals surface area contributed by atoms with E-state index in [2.05, 4.69) is 5.32 Å². The van der Waals surface area contributed by atoms with Crippen LogP contribution in [0.4, 0.5) is 5.69 Å². The fourth-order valence-electron chi connectivity index (χ4n) is 1.65. The quantitative estimate of drug-likeness (QED) is 0.390. The van der Waals surface area contributed by atoms with Crippen molar-refractivity contribution in [2.45, 2.75) is 31.7 Å². The number of rotatable bonds is 5. The van der Waals surface area contributed by atoms with E-state index in [1.165, 1.54) is 18.4 Å². The maximum Gasteiger partial charge on any atom is 0.138 e. The summed E-state index contributed by atoms with van der Waals surface area (Å²) in [7, 11) is 0. The van der Waals surface area contributed by atoms with E-state index >= 15 is 0 Å². The summed E-state index contributed by atoms with van der Waals surface area (Å²) in [6.07, 6.45) is 4.82. The van der Waals surface area contributed by atoms with E-state index in [-0.39, 0.29) is 5.75 Å². The first kappa shape index (κ1) is 10.3. The Hall–Kier alpha value is -1.22. The Balaban J connectivity index is 1.74. The van der Waals surface area contributed by atoms with Crippen LogP contribution in [0.2, 0.25) is 0 Å². The van der Waals surface area contributed by atoms with E-state index in [1.807, 2.05) is 12.1 Å². The van der Waals surface area contributed by atoms with Gasteiger partial charge < -0.3 is 16.2 Å². The number of aryl methyl sites for hydroxylation is 1. The number of nitrogens with two attached hydrogens (primary N) is 1. The van der Waals surface area contributed by atoms with Crippen molar-refractivity contribution in [3.05, 3.63) is 23.8 Å². The van der Waals surface area contributed by atoms with Gasteiger partial charge in [0.05, 0.1) is 5.69 Å². The molecule has 0 radical (unpaired) electrons. The number of hydrogen-bond acceptors (Lipinski definition) is 3. The highest BCUT2D eigenvalue weighted by atomic mass is 16.3. The van der Waals surface area contributed by atoms with Crippen LogP contribution in [0.15, 0.2) is 18.2 Å². The minimum atomic E-state index is 0.176. The van der Waals surface area contributed by atoms with Gasteiger partial charge >= 0.3 is 0 Å². The zero-order valence-corrected chi connectivity index (χ0v) is 8.87. The van der Waals surface area contributed by atoms with Crippen LogP contribution in [0.1, 0.15) is 24.8 Å². The molecule has 0 spiro atoms. The van der Waals surface area contributed by atoms with Gasteiger partial charge in [-0.2, -0.15) is 0 Å². The van der Waals surface area contributed by atoms with E-state index in [9.17, 15) is 5.11 Å². The summed E-state index contributed by atoms with van der Waals surface area (Å²) >= 11 is 0. The zero-order valence-electron chi connectivity index (χ0n) is 8.87. The van der Waals surface area contributed by atoms with Gasteiger partial charge in [0.25, 0.3) is 0 Å². The van der Waals surface area contributed by atoms with Crippen molar-refractivity contribution in [1.29, 1.82) is 0 Å². The Bertz CT molecular complexity index is 334. The first-order chi connectivity index (χ1) is 7.25. The molecule has 1 saturated carbocycles. The number of phenolic OH excluding ortho intramolecular Hbond substituents is 1. The maximum absolute atomic E-state index is 9.26. The zero-order chi connectivity index (χ0) is 10.7. The molecule has 1 fully saturated rings. The van der Waals surface area contributed by atoms with Crippen LogP contribution in [-0.4, -0.2) is 17.7 Å². The number of benzene rings is 1. The molecule has 0 atom stereocenters. The summed E-state index contributed by atoms with van der Waals surface area (Å²) in [6.45, 7) is 1.07. The molecule has 82 valence electrons. The van der Waals surface area contributed by atoms with Gasteiger partial charge in [-0.05, 0) is 49.9 Å². The topological polar surface area (TPSA) is 58.3 Å². The Morgan fingerprint density at radius 1 is 1.40 bits per heavy atom. The Morgan fingerprint density at radius 3 is 2.87 bits per heavy atom. The lowest BCUT2D eigenvalue weighted by atomic mass is 10.1. The molecule has 0 aliphatic heterocycles. The van der Waals surface area contributed by atoms with Gasteiger partial charge in [0.15, 0.2) is 0 Å². The Morgan fingerprint density at radius 2 is 2.20 bits per heavy atom. The second-order valence-corrected chi connectivity index (χ2v) is 4.23. The van der Waals surface area contributed by atoms with Gasteiger partial charge in [0.2, 0.25) is 0 Å². The number of anilines is 1. The molecule has 0 bridgehead atoms. The SMILES string of the molecule is Nc1cc(CCCNC2CC2)ccc1O. The summed E-state index contributed by atoms with van der Waals surface area (Å²) in [5, 5.41) is 12.7. The third-order valence-electron chi connectivity index (χ3n) is 2.74. The van der Waals surface area contributed by atoms with E-state index in [0.717, 1.165) is 25.4 Å². The van der Waals surface area contributed by atoms with E-state index in [0.29, 0.717) is 5.69 Å². The molecular formula is C12H18N2O. The van der Waals surface area contributed by atoms with Crippen LogP contribution in [0, 0.1) is 0 Å². The summed E-state index contributed by atoms with van der Waals surface area (Å²) in [5.74, 6) is 0.176. The van der Waals surface area contributed by atoms with Crippen molar-refractivity contribution in [3.63, 3.8) is 0 Å². The largest absolute Gasteiger partial charge is 0.506 e. The van der Waals surface area contributed by atoms with Crippen LogP contribution < -0.4 is 11.1 Å². The minimum Gasteiger partial charge on any atom is -0.506 e. The third-order valence-corrected chi connectivity index (χ3v) is 2.74. The van der Waals surface area contributed by atoms with Crippen molar-refractivity contribution >= 4 is 5.69 Å². The molecular weight excluding hydrogens is 188 g/mol. The van der Waals surface area contributed by atoms with E-state index < -0.39 is 0 Å². The molecule has 2 rings (SSSR count). The predicted octanol–water partition coefficient (Wildman–Crippen LogP) is 1.66. The monoisotopic (exact) mass is 206 g/mol. The molecule has 0 amide bonds. The van der Waals surface area contributed by atoms with Gasteiger partial charge in [-0.15, -0.1) is 0 Å². The Kier molecular flexibility index (Phi) is 3.11. The van der Waals surface area contributed by atoms with Crippen LogP contribution in [-0.2, 0) is 6.42 Å². The molecule has 1 aliphatic rings. The van der Waals surface area contributed by atoms with Gasteiger partial charge in [0, 0.05) is 6.04 Å². The molecule has 0 aromatic heterocycles. The predicted molar refractivity (Wildman–Crippen MR) is 61.9 cm³/mol. The third kappa shape index (κ3) is 3.13. The fraction of sp³-hybridized carbons (Fsp3) is 0.500. The number of nitrogens with one attached hydrogen (secondary N) is 1. The highest BCUT2D eigenvalue weighted by molar-refractivity contribution is 5.53. The minimum absolute atomic E-state index is 0.176. The molecule has 0 heterocycles. The smallest absolute Gasteiger partial charge is 0.138 e. The van der Waals surface area contributed by atoms with Crippen LogP contribution in [0.3, 0.4) is 0 Å². The van der Waals surface area contributed by atoms with E-state index in [4.69, 9.17) is 5.73 Å². The molecule has 4 N–H and O–H groups in total. The van der Waals surface area contributed by atoms with Crippen molar-refractivity contribution in [1.82, 2.24) is 5.32 Å². The normalized spacial score (nSPS) is 15.5. The summed E-state index contributed by atoms with van der Waals surface area (Å²) in [6, 6.07) is 6.24. The number of hydrogen-bond donors (Lipinski definition) is 3. The van der Waals surface area contributed by atoms with Crippen molar-refractivity contribution in [2.24, 2.45) is 0 Å². The number of nitrogen functional groups attached to an aromatic ring is 1. The highest BCUT2D eigenvalue weighted by Crippen LogP contribution is 2.21. The molecule has 1 aliphatic carbocycles. The molecule has 15 heavy (non-hydrogen) atoms. The summed E-state index contributed by atoms with van der Waals surface area (Å²) in [5.41, 5.74) is 7.29. The number of phenols is 1. The average Bonchev–Trinajstić information content (AvgIpc) is 3.02. The summed E-state index contributed by atoms with van der Waals surface area (Å²) < 4.78 is 0. The maximum atomic E-state index is 9.26. The molecule has 0 unspecified atom stereocenters. The number of aromatic hydroxyl groups is 1. The molecule has 3 nitrogen and oxygen atoms in total. The summed E-state index contributed by atoms with van der Waals surface area (Å²) in [4.78, 5) is 0. The Labute approximate surface area is 90.3 Å². The molecule has 1 aromatic carbocycles. The fourth-order valence-corrected chi connectivity index (χ4v) is 1.65. The van der Waals surface area contributed by atoms with Crippen molar-refractivity contribution in [3.8, 4) is 5.75 Å². The second-order valence-electron chi connectivity index (χ2n) is 4.23. The highest BCUT2D eigenvalue weighted by Gasteiger charge is 2.19. The second kappa shape index (κ2) is 4.53. The van der Waals surface area contributed by atoms with Gasteiger partial charge in [-0.1, -0.05) is 6.07 Å². The van der Waals surface area contributed by atoms with Crippen molar-refractivity contribution < 1.29 is 5.11 Å². The molecule has 3 heteroatoms. The first-order valence-electron chi connectivity index (χ1n) is 5.56. The lowest BCUT2D eigenvalue weighted by molar-refractivity contribution is 0.477. The lowest BCUT2D eigenvalue weighted by Gasteiger charge is -2.05. The molecule has 1 aromatic rings. The standard InChI is InChI=1S/C12H18N2O/c13-11-8-9(3-6-12(11)15)2-1-7-14-10-4-5-10/h3,6,8,10,14-15H,1-2,4-5,7,13H2. The first-order valence-corrected chi connectivity index (χ1v) is 5.56. The van der Waals surface area contributed by atoms with Crippen LogP contribution >= 0.6 is 0 Å². The van der Waals surface area contributed by atoms with Crippen molar-refractivity contribution in [2.75, 3.05) is 12.3 Å². The van der Waals surface area contributed by atoms with Crippen LogP contribution in [0.25, 0.3) is 0 Å². The molecule has 0 saturated heterocycles. The lowest BCUT2D eigenvalue weighted by Crippen LogP contribution is -2.17. The van der Waals surface area contributed by atoms with Gasteiger partial charge in [-0.25, -0.2) is 0 Å².